The summed E-state index contributed by atoms with van der Waals surface area (Å²) in [5.74, 6) is 0.0428. The zero-order valence-electron chi connectivity index (χ0n) is 16.8. The van der Waals surface area contributed by atoms with Gasteiger partial charge in [0.25, 0.3) is 0 Å². The molecule has 1 aliphatic carbocycles. The Morgan fingerprint density at radius 2 is 2.07 bits per heavy atom. The molecule has 2 aliphatic heterocycles. The summed E-state index contributed by atoms with van der Waals surface area (Å²) < 4.78 is 1.42. The lowest BCUT2D eigenvalue weighted by Gasteiger charge is -2.46. The molecule has 6 nitrogen and oxygen atoms in total. The Hall–Kier alpha value is -2.47. The minimum atomic E-state index is -0.366. The van der Waals surface area contributed by atoms with Crippen LogP contribution >= 0.6 is 0 Å². The maximum atomic E-state index is 13.5. The Bertz CT molecular complexity index is 959. The zero-order chi connectivity index (χ0) is 20.0. The summed E-state index contributed by atoms with van der Waals surface area (Å²) in [5.41, 5.74) is 1.05. The van der Waals surface area contributed by atoms with Crippen LogP contribution in [0.15, 0.2) is 53.6 Å². The minimum Gasteiger partial charge on any atom is -0.333 e. The van der Waals surface area contributed by atoms with Gasteiger partial charge in [0.05, 0.1) is 0 Å². The van der Waals surface area contributed by atoms with Crippen molar-refractivity contribution >= 4 is 5.91 Å². The lowest BCUT2D eigenvalue weighted by molar-refractivity contribution is -0.136. The largest absolute Gasteiger partial charge is 0.347 e. The molecule has 152 valence electrons. The number of carbonyl (C=O) groups is 1. The highest BCUT2D eigenvalue weighted by Gasteiger charge is 2.60. The molecule has 2 saturated heterocycles. The molecule has 1 saturated carbocycles. The smallest absolute Gasteiger partial charge is 0.333 e. The van der Waals surface area contributed by atoms with Gasteiger partial charge in [-0.05, 0) is 43.7 Å². The van der Waals surface area contributed by atoms with Crippen molar-refractivity contribution in [3.8, 4) is 0 Å². The predicted octanol–water partition coefficient (Wildman–Crippen LogP) is 1.99. The first-order valence-electron chi connectivity index (χ1n) is 10.7. The molecule has 5 rings (SSSR count). The van der Waals surface area contributed by atoms with Gasteiger partial charge < -0.3 is 10.2 Å². The van der Waals surface area contributed by atoms with Gasteiger partial charge in [-0.25, -0.2) is 9.78 Å². The quantitative estimate of drug-likeness (QED) is 0.864. The standard InChI is InChI=1S/C23H28N4O2/c1-23-14-18-17(13-16-7-3-2-4-8-16)25-19(23)9-5-10-20(23)27(18)21(28)15-26-12-6-11-24-22(26)29/h2-4,6-8,11-12,17-20,25H,5,9-10,13-15H2,1H3/t17-,18+,19-,20+,23-/m1/s1. The Balaban J connectivity index is 1.46. The molecule has 1 aromatic heterocycles. The van der Waals surface area contributed by atoms with Gasteiger partial charge >= 0.3 is 5.69 Å². The summed E-state index contributed by atoms with van der Waals surface area (Å²) in [4.78, 5) is 31.4. The number of nitrogens with zero attached hydrogens (tertiary/aromatic N) is 3. The molecule has 3 aliphatic rings. The summed E-state index contributed by atoms with van der Waals surface area (Å²) in [6.45, 7) is 2.42. The van der Waals surface area contributed by atoms with E-state index in [1.54, 1.807) is 12.3 Å². The van der Waals surface area contributed by atoms with E-state index in [0.29, 0.717) is 6.04 Å². The van der Waals surface area contributed by atoms with E-state index >= 15 is 0 Å². The average molecular weight is 393 g/mol. The Kier molecular flexibility index (Phi) is 4.54. The highest BCUT2D eigenvalue weighted by Crippen LogP contribution is 2.53. The first kappa shape index (κ1) is 18.6. The van der Waals surface area contributed by atoms with E-state index in [9.17, 15) is 9.59 Å². The van der Waals surface area contributed by atoms with Crippen LogP contribution in [0.1, 0.15) is 38.2 Å². The summed E-state index contributed by atoms with van der Waals surface area (Å²) in [6.07, 6.45) is 8.45. The van der Waals surface area contributed by atoms with E-state index in [1.165, 1.54) is 22.7 Å². The molecule has 6 heteroatoms. The maximum Gasteiger partial charge on any atom is 0.347 e. The Labute approximate surface area is 170 Å². The number of likely N-dealkylation sites (tertiary alicyclic amines) is 1. The summed E-state index contributed by atoms with van der Waals surface area (Å²) in [7, 11) is 0. The van der Waals surface area contributed by atoms with Crippen molar-refractivity contribution in [1.29, 1.82) is 0 Å². The van der Waals surface area contributed by atoms with E-state index in [2.05, 4.69) is 46.4 Å². The number of amides is 1. The van der Waals surface area contributed by atoms with Crippen molar-refractivity contribution in [2.45, 2.75) is 69.7 Å². The lowest BCUT2D eigenvalue weighted by Crippen LogP contribution is -2.58. The number of fused-ring (bicyclic) bond motifs is 1. The fourth-order valence-electron chi connectivity index (χ4n) is 6.06. The van der Waals surface area contributed by atoms with E-state index in [0.717, 1.165) is 25.7 Å². The lowest BCUT2D eigenvalue weighted by atomic mass is 9.65. The van der Waals surface area contributed by atoms with E-state index in [1.807, 2.05) is 6.07 Å². The molecule has 29 heavy (non-hydrogen) atoms. The van der Waals surface area contributed by atoms with Crippen molar-refractivity contribution in [1.82, 2.24) is 19.8 Å². The SMILES string of the molecule is C[C@@]12C[C@H]3[C@@H](Cc4ccccc4)N[C@@H]1CCC[C@@H]2N3C(=O)Cn1cccnc1=O. The maximum absolute atomic E-state index is 13.5. The first-order chi connectivity index (χ1) is 14.1. The van der Waals surface area contributed by atoms with Crippen LogP contribution in [-0.2, 0) is 17.8 Å². The molecule has 1 N–H and O–H groups in total. The van der Waals surface area contributed by atoms with Crippen LogP contribution in [0.25, 0.3) is 0 Å². The Morgan fingerprint density at radius 1 is 1.24 bits per heavy atom. The molecule has 3 fully saturated rings. The number of nitrogens with one attached hydrogen (secondary N) is 1. The fraction of sp³-hybridized carbons (Fsp3) is 0.522. The van der Waals surface area contributed by atoms with Crippen LogP contribution in [-0.4, -0.2) is 44.5 Å². The molecule has 2 aromatic rings. The second kappa shape index (κ2) is 7.10. The monoisotopic (exact) mass is 392 g/mol. The van der Waals surface area contributed by atoms with Crippen LogP contribution < -0.4 is 11.0 Å². The third-order valence-corrected chi connectivity index (χ3v) is 7.42. The molecule has 1 amide bonds. The van der Waals surface area contributed by atoms with Crippen LogP contribution in [0.3, 0.4) is 0 Å². The first-order valence-corrected chi connectivity index (χ1v) is 10.7. The van der Waals surface area contributed by atoms with Crippen LogP contribution in [0.2, 0.25) is 0 Å². The second-order valence-electron chi connectivity index (χ2n) is 9.07. The van der Waals surface area contributed by atoms with E-state index in [4.69, 9.17) is 0 Å². The predicted molar refractivity (Wildman–Crippen MR) is 110 cm³/mol. The molecule has 2 bridgehead atoms. The van der Waals surface area contributed by atoms with Gasteiger partial charge in [0, 0.05) is 42.0 Å². The number of hydrogen-bond acceptors (Lipinski definition) is 4. The molecule has 5 atom stereocenters. The van der Waals surface area contributed by atoms with Crippen LogP contribution in [0.5, 0.6) is 0 Å². The summed E-state index contributed by atoms with van der Waals surface area (Å²) in [5, 5.41) is 3.92. The molecule has 0 radical (unpaired) electrons. The molecular weight excluding hydrogens is 364 g/mol. The number of piperidine rings is 1. The summed E-state index contributed by atoms with van der Waals surface area (Å²) >= 11 is 0. The summed E-state index contributed by atoms with van der Waals surface area (Å²) in [6, 6.07) is 13.3. The van der Waals surface area contributed by atoms with Gasteiger partial charge in [-0.15, -0.1) is 0 Å². The van der Waals surface area contributed by atoms with Gasteiger partial charge in [-0.1, -0.05) is 37.3 Å². The Morgan fingerprint density at radius 3 is 2.86 bits per heavy atom. The fourth-order valence-corrected chi connectivity index (χ4v) is 6.06. The number of rotatable bonds is 4. The highest BCUT2D eigenvalue weighted by atomic mass is 16.2. The van der Waals surface area contributed by atoms with Crippen LogP contribution in [0, 0.1) is 5.41 Å². The van der Waals surface area contributed by atoms with Crippen molar-refractivity contribution in [3.05, 3.63) is 64.8 Å². The zero-order valence-corrected chi connectivity index (χ0v) is 16.8. The number of hydrogen-bond donors (Lipinski definition) is 1. The molecular formula is C23H28N4O2. The molecule has 0 unspecified atom stereocenters. The molecule has 3 heterocycles. The molecule has 1 aromatic carbocycles. The van der Waals surface area contributed by atoms with Gasteiger partial charge in [-0.3, -0.25) is 9.36 Å². The normalized spacial score (nSPS) is 32.9. The average Bonchev–Trinajstić information content (AvgIpc) is 3.03. The number of aromatic nitrogens is 2. The van der Waals surface area contributed by atoms with Gasteiger partial charge in [0.15, 0.2) is 0 Å². The van der Waals surface area contributed by atoms with Crippen LogP contribution in [0.4, 0.5) is 0 Å². The minimum absolute atomic E-state index is 0.0428. The van der Waals surface area contributed by atoms with Gasteiger partial charge in [-0.2, -0.15) is 0 Å². The van der Waals surface area contributed by atoms with E-state index < -0.39 is 0 Å². The van der Waals surface area contributed by atoms with Crippen molar-refractivity contribution < 1.29 is 4.79 Å². The highest BCUT2D eigenvalue weighted by molar-refractivity contribution is 5.77. The topological polar surface area (TPSA) is 67.2 Å². The molecule has 0 spiro atoms. The number of benzene rings is 1. The van der Waals surface area contributed by atoms with Crippen molar-refractivity contribution in [2.75, 3.05) is 0 Å². The van der Waals surface area contributed by atoms with Crippen molar-refractivity contribution in [2.24, 2.45) is 5.41 Å². The van der Waals surface area contributed by atoms with Crippen molar-refractivity contribution in [3.63, 3.8) is 0 Å². The third kappa shape index (κ3) is 3.10. The second-order valence-corrected chi connectivity index (χ2v) is 9.07. The van der Waals surface area contributed by atoms with E-state index in [-0.39, 0.29) is 41.7 Å². The van der Waals surface area contributed by atoms with Gasteiger partial charge in [0.2, 0.25) is 5.91 Å². The third-order valence-electron chi connectivity index (χ3n) is 7.42. The number of carbonyl (C=O) groups excluding carboxylic acids is 1. The van der Waals surface area contributed by atoms with Gasteiger partial charge in [0.1, 0.15) is 6.54 Å².